The molecule has 0 saturated heterocycles. The molecule has 0 fully saturated rings. The van der Waals surface area contributed by atoms with Crippen LogP contribution in [-0.2, 0) is 16.6 Å². The van der Waals surface area contributed by atoms with Gasteiger partial charge in [-0.25, -0.2) is 12.7 Å². The highest BCUT2D eigenvalue weighted by Crippen LogP contribution is 2.22. The maximum Gasteiger partial charge on any atom is 0.251 e. The first-order valence-electron chi connectivity index (χ1n) is 9.44. The van der Waals surface area contributed by atoms with Crippen LogP contribution in [0, 0.1) is 20.8 Å². The Balaban J connectivity index is 1.98. The van der Waals surface area contributed by atoms with Gasteiger partial charge >= 0.3 is 0 Å². The quantitative estimate of drug-likeness (QED) is 0.567. The normalized spacial score (nSPS) is 11.8. The number of sulfonamides is 1. The smallest absolute Gasteiger partial charge is 0.251 e. The number of hydrogen-bond acceptors (Lipinski definition) is 4. The molecular formula is C22H25N3O4S. The summed E-state index contributed by atoms with van der Waals surface area (Å²) in [6.45, 7) is 5.54. The maximum absolute atomic E-state index is 13.0. The van der Waals surface area contributed by atoms with Crippen molar-refractivity contribution in [2.45, 2.75) is 32.2 Å². The Kier molecular flexibility index (Phi) is 5.83. The molecule has 0 spiro atoms. The van der Waals surface area contributed by atoms with Crippen LogP contribution in [0.4, 0.5) is 0 Å². The number of nitrogens with zero attached hydrogens (tertiary/aromatic N) is 3. The summed E-state index contributed by atoms with van der Waals surface area (Å²) in [6.07, 6.45) is 1.22. The van der Waals surface area contributed by atoms with Gasteiger partial charge in [-0.2, -0.15) is 0 Å². The zero-order chi connectivity index (χ0) is 22.2. The maximum atomic E-state index is 13.0. The topological polar surface area (TPSA) is 81.4 Å². The molecular weight excluding hydrogens is 402 g/mol. The fourth-order valence-corrected chi connectivity index (χ4v) is 4.37. The molecule has 2 heterocycles. The average molecular weight is 428 g/mol. The molecule has 0 aliphatic carbocycles. The number of carbonyl (C=O) groups is 1. The monoisotopic (exact) mass is 427 g/mol. The van der Waals surface area contributed by atoms with Crippen LogP contribution >= 0.6 is 0 Å². The Morgan fingerprint density at radius 3 is 2.37 bits per heavy atom. The first-order chi connectivity index (χ1) is 14.0. The fourth-order valence-electron chi connectivity index (χ4n) is 3.45. The number of aromatic nitrogens is 2. The molecule has 30 heavy (non-hydrogen) atoms. The predicted octanol–water partition coefficient (Wildman–Crippen LogP) is 2.70. The van der Waals surface area contributed by atoms with Gasteiger partial charge in [-0.1, -0.05) is 12.1 Å². The van der Waals surface area contributed by atoms with Gasteiger partial charge in [0.15, 0.2) is 5.78 Å². The summed E-state index contributed by atoms with van der Waals surface area (Å²) in [5, 5.41) is 0. The minimum Gasteiger partial charge on any atom is -0.318 e. The van der Waals surface area contributed by atoms with E-state index in [4.69, 9.17) is 0 Å². The van der Waals surface area contributed by atoms with Gasteiger partial charge < -0.3 is 9.13 Å². The second kappa shape index (κ2) is 8.04. The number of benzene rings is 1. The lowest BCUT2D eigenvalue weighted by atomic mass is 10.1. The van der Waals surface area contributed by atoms with Gasteiger partial charge in [-0.15, -0.1) is 0 Å². The minimum atomic E-state index is -3.71. The van der Waals surface area contributed by atoms with Crippen molar-refractivity contribution in [1.29, 1.82) is 0 Å². The third-order valence-electron chi connectivity index (χ3n) is 5.04. The van der Waals surface area contributed by atoms with E-state index in [2.05, 4.69) is 0 Å². The van der Waals surface area contributed by atoms with E-state index < -0.39 is 15.6 Å². The van der Waals surface area contributed by atoms with Crippen LogP contribution in [0.25, 0.3) is 5.69 Å². The molecule has 0 radical (unpaired) electrons. The van der Waals surface area contributed by atoms with Crippen LogP contribution in [0.5, 0.6) is 0 Å². The SMILES string of the molecule is Cc1cccc(-n2c(C)cc(C(=O)Cn3cc(S(=O)(=O)N(C)C)ccc3=O)c2C)c1. The lowest BCUT2D eigenvalue weighted by molar-refractivity contribution is 0.0970. The molecule has 7 nitrogen and oxygen atoms in total. The molecule has 0 atom stereocenters. The highest BCUT2D eigenvalue weighted by atomic mass is 32.2. The Hall–Kier alpha value is -2.97. The summed E-state index contributed by atoms with van der Waals surface area (Å²) in [6, 6.07) is 12.2. The van der Waals surface area contributed by atoms with Gasteiger partial charge in [0.1, 0.15) is 0 Å². The van der Waals surface area contributed by atoms with Crippen molar-refractivity contribution in [1.82, 2.24) is 13.4 Å². The Morgan fingerprint density at radius 2 is 1.73 bits per heavy atom. The molecule has 0 aliphatic rings. The zero-order valence-corrected chi connectivity index (χ0v) is 18.5. The van der Waals surface area contributed by atoms with E-state index in [1.54, 1.807) is 6.07 Å². The van der Waals surface area contributed by atoms with Crippen LogP contribution in [-0.4, -0.2) is 41.7 Å². The van der Waals surface area contributed by atoms with Gasteiger partial charge in [0.25, 0.3) is 5.56 Å². The van der Waals surface area contributed by atoms with E-state index in [1.807, 2.05) is 49.6 Å². The summed E-state index contributed by atoms with van der Waals surface area (Å²) in [7, 11) is -0.884. The standard InChI is InChI=1S/C22H25N3O4S/c1-15-7-6-8-18(11-15)25-16(2)12-20(17(25)3)21(26)14-24-13-19(9-10-22(24)27)30(28,29)23(4)5/h6-13H,14H2,1-5H3. The van der Waals surface area contributed by atoms with Crippen molar-refractivity contribution in [3.05, 3.63) is 81.5 Å². The zero-order valence-electron chi connectivity index (χ0n) is 17.7. The molecule has 2 aromatic heterocycles. The number of aryl methyl sites for hydroxylation is 2. The van der Waals surface area contributed by atoms with Gasteiger partial charge in [0.2, 0.25) is 10.0 Å². The number of hydrogen-bond donors (Lipinski definition) is 0. The Bertz CT molecular complexity index is 1280. The lowest BCUT2D eigenvalue weighted by Crippen LogP contribution is -2.27. The minimum absolute atomic E-state index is 0.0369. The van der Waals surface area contributed by atoms with Crippen LogP contribution < -0.4 is 5.56 Å². The second-order valence-electron chi connectivity index (χ2n) is 7.50. The average Bonchev–Trinajstić information content (AvgIpc) is 2.97. The molecule has 158 valence electrons. The summed E-state index contributed by atoms with van der Waals surface area (Å²) in [5.74, 6) is -0.261. The molecule has 0 saturated carbocycles. The number of ketones is 1. The third kappa shape index (κ3) is 4.01. The molecule has 0 N–H and O–H groups in total. The van der Waals surface area contributed by atoms with Crippen LogP contribution in [0.1, 0.15) is 27.3 Å². The highest BCUT2D eigenvalue weighted by Gasteiger charge is 2.21. The summed E-state index contributed by atoms with van der Waals surface area (Å²) >= 11 is 0. The van der Waals surface area contributed by atoms with Crippen molar-refractivity contribution < 1.29 is 13.2 Å². The van der Waals surface area contributed by atoms with E-state index in [0.717, 1.165) is 31.5 Å². The predicted molar refractivity (Wildman–Crippen MR) is 116 cm³/mol. The van der Waals surface area contributed by atoms with Crippen molar-refractivity contribution in [2.75, 3.05) is 14.1 Å². The van der Waals surface area contributed by atoms with Crippen LogP contribution in [0.3, 0.4) is 0 Å². The van der Waals surface area contributed by atoms with Gasteiger partial charge in [0.05, 0.1) is 11.4 Å². The summed E-state index contributed by atoms with van der Waals surface area (Å²) in [5.41, 5.74) is 3.81. The molecule has 1 aromatic carbocycles. The van der Waals surface area contributed by atoms with E-state index in [0.29, 0.717) is 5.56 Å². The summed E-state index contributed by atoms with van der Waals surface area (Å²) in [4.78, 5) is 25.2. The first kappa shape index (κ1) is 21.7. The highest BCUT2D eigenvalue weighted by molar-refractivity contribution is 7.89. The van der Waals surface area contributed by atoms with Crippen molar-refractivity contribution in [3.8, 4) is 5.69 Å². The Morgan fingerprint density at radius 1 is 1.03 bits per heavy atom. The van der Waals surface area contributed by atoms with Crippen LogP contribution in [0.15, 0.2) is 58.4 Å². The van der Waals surface area contributed by atoms with E-state index >= 15 is 0 Å². The van der Waals surface area contributed by atoms with Gasteiger partial charge in [-0.05, 0) is 50.6 Å². The molecule has 0 unspecified atom stereocenters. The van der Waals surface area contributed by atoms with E-state index in [9.17, 15) is 18.0 Å². The molecule has 0 bridgehead atoms. The number of rotatable bonds is 6. The molecule has 0 aliphatic heterocycles. The molecule has 0 amide bonds. The van der Waals surface area contributed by atoms with Crippen molar-refractivity contribution in [3.63, 3.8) is 0 Å². The largest absolute Gasteiger partial charge is 0.318 e. The lowest BCUT2D eigenvalue weighted by Gasteiger charge is -2.13. The number of Topliss-reactive ketones (excluding diaryl/α,β-unsaturated/α-hetero) is 1. The summed E-state index contributed by atoms with van der Waals surface area (Å²) < 4.78 is 28.9. The Labute approximate surface area is 176 Å². The van der Waals surface area contributed by atoms with Crippen molar-refractivity contribution >= 4 is 15.8 Å². The van der Waals surface area contributed by atoms with E-state index in [1.165, 1.54) is 32.4 Å². The van der Waals surface area contributed by atoms with Crippen molar-refractivity contribution in [2.24, 2.45) is 0 Å². The second-order valence-corrected chi connectivity index (χ2v) is 9.65. The first-order valence-corrected chi connectivity index (χ1v) is 10.9. The fraction of sp³-hybridized carbons (Fsp3) is 0.273. The third-order valence-corrected chi connectivity index (χ3v) is 6.84. The van der Waals surface area contributed by atoms with Crippen LogP contribution in [0.2, 0.25) is 0 Å². The van der Waals surface area contributed by atoms with Gasteiger partial charge in [0, 0.05) is 49.0 Å². The molecule has 3 rings (SSSR count). The number of pyridine rings is 1. The molecule has 3 aromatic rings. The molecule has 8 heteroatoms. The van der Waals surface area contributed by atoms with Gasteiger partial charge in [-0.3, -0.25) is 9.59 Å². The van der Waals surface area contributed by atoms with E-state index in [-0.39, 0.29) is 17.2 Å². The number of carbonyl (C=O) groups excluding carboxylic acids is 1.